The molecule has 1 atom stereocenters. The number of nitrogens with one attached hydrogen (secondary N) is 2. The van der Waals surface area contributed by atoms with E-state index in [2.05, 4.69) is 22.5 Å². The van der Waals surface area contributed by atoms with Crippen LogP contribution < -0.4 is 10.6 Å². The van der Waals surface area contributed by atoms with Gasteiger partial charge in [-0.1, -0.05) is 0 Å². The molecule has 0 aromatic heterocycles. The third kappa shape index (κ3) is 8.30. The monoisotopic (exact) mass is 476 g/mol. The molecule has 1 rings (SSSR count). The molecule has 0 spiro atoms. The lowest BCUT2D eigenvalue weighted by Gasteiger charge is -2.21. The molecular formula is C15H33IN4O3S. The zero-order valence-electron chi connectivity index (χ0n) is 15.3. The molecule has 1 fully saturated rings. The van der Waals surface area contributed by atoms with Gasteiger partial charge in [-0.15, -0.1) is 24.0 Å². The van der Waals surface area contributed by atoms with Crippen molar-refractivity contribution in [3.8, 4) is 0 Å². The van der Waals surface area contributed by atoms with Crippen molar-refractivity contribution in [2.24, 2.45) is 4.99 Å². The van der Waals surface area contributed by atoms with Gasteiger partial charge >= 0.3 is 0 Å². The largest absolute Gasteiger partial charge is 0.373 e. The normalized spacial score (nSPS) is 21.6. The van der Waals surface area contributed by atoms with E-state index in [1.54, 1.807) is 14.0 Å². The second kappa shape index (κ2) is 11.5. The number of guanidine groups is 1. The van der Waals surface area contributed by atoms with Crippen molar-refractivity contribution in [2.75, 3.05) is 45.6 Å². The van der Waals surface area contributed by atoms with Crippen molar-refractivity contribution in [2.45, 2.75) is 45.6 Å². The molecule has 0 aliphatic carbocycles. The van der Waals surface area contributed by atoms with Gasteiger partial charge in [0.25, 0.3) is 0 Å². The number of hydrogen-bond acceptors (Lipinski definition) is 4. The van der Waals surface area contributed by atoms with Crippen LogP contribution in [0.25, 0.3) is 0 Å². The lowest BCUT2D eigenvalue weighted by molar-refractivity contribution is 0.0283. The van der Waals surface area contributed by atoms with Crippen LogP contribution in [0.4, 0.5) is 0 Å². The predicted octanol–water partition coefficient (Wildman–Crippen LogP) is 1.40. The summed E-state index contributed by atoms with van der Waals surface area (Å²) in [6, 6.07) is 0. The quantitative estimate of drug-likeness (QED) is 0.228. The first-order valence-corrected chi connectivity index (χ1v) is 10.0. The van der Waals surface area contributed by atoms with Crippen LogP contribution in [-0.2, 0) is 14.8 Å². The lowest BCUT2D eigenvalue weighted by Crippen LogP contribution is -2.40. The number of sulfonamides is 1. The molecule has 0 aromatic rings. The first-order valence-electron chi connectivity index (χ1n) is 8.43. The Bertz CT molecular complexity index is 479. The second-order valence-electron chi connectivity index (χ2n) is 6.10. The van der Waals surface area contributed by atoms with Gasteiger partial charge in [0.05, 0.1) is 17.9 Å². The Kier molecular flexibility index (Phi) is 11.4. The number of rotatable bonds is 9. The Morgan fingerprint density at radius 2 is 2.04 bits per heavy atom. The number of hydrogen-bond donors (Lipinski definition) is 2. The summed E-state index contributed by atoms with van der Waals surface area (Å²) in [5.74, 6) is 0.893. The molecule has 0 radical (unpaired) electrons. The van der Waals surface area contributed by atoms with E-state index in [1.807, 2.05) is 6.92 Å². The third-order valence-corrected chi connectivity index (χ3v) is 5.86. The maximum Gasteiger partial charge on any atom is 0.213 e. The van der Waals surface area contributed by atoms with Crippen molar-refractivity contribution < 1.29 is 13.2 Å². The minimum absolute atomic E-state index is 0. The van der Waals surface area contributed by atoms with Crippen LogP contribution in [0.3, 0.4) is 0 Å². The van der Waals surface area contributed by atoms with E-state index in [1.165, 1.54) is 4.31 Å². The van der Waals surface area contributed by atoms with E-state index >= 15 is 0 Å². The number of nitrogens with zero attached hydrogens (tertiary/aromatic N) is 2. The molecule has 1 aliphatic rings. The van der Waals surface area contributed by atoms with Crippen LogP contribution in [-0.4, -0.2) is 69.9 Å². The van der Waals surface area contributed by atoms with Crippen LogP contribution in [0.1, 0.15) is 40.0 Å². The summed E-state index contributed by atoms with van der Waals surface area (Å²) in [5, 5.41) is 6.45. The smallest absolute Gasteiger partial charge is 0.213 e. The fourth-order valence-corrected chi connectivity index (χ4v) is 3.27. The molecule has 2 N–H and O–H groups in total. The zero-order valence-corrected chi connectivity index (χ0v) is 18.4. The maximum atomic E-state index is 11.7. The average molecular weight is 476 g/mol. The van der Waals surface area contributed by atoms with Crippen molar-refractivity contribution >= 4 is 40.0 Å². The molecular weight excluding hydrogens is 443 g/mol. The average Bonchev–Trinajstić information content (AvgIpc) is 2.95. The standard InChI is InChI=1S/C15H32N4O3S.HI/c1-5-16-14(18-13-15(3)9-7-12-22-15)17-10-8-11-19(4)23(20,21)6-2;/h5-13H2,1-4H3,(H2,16,17,18);1H. The van der Waals surface area contributed by atoms with Gasteiger partial charge in [0.2, 0.25) is 10.0 Å². The van der Waals surface area contributed by atoms with E-state index in [9.17, 15) is 8.42 Å². The van der Waals surface area contributed by atoms with Crippen LogP contribution >= 0.6 is 24.0 Å². The van der Waals surface area contributed by atoms with E-state index in [0.29, 0.717) is 19.6 Å². The third-order valence-electron chi connectivity index (χ3n) is 4.00. The fourth-order valence-electron chi connectivity index (χ4n) is 2.42. The van der Waals surface area contributed by atoms with Gasteiger partial charge < -0.3 is 15.4 Å². The molecule has 0 amide bonds. The molecule has 9 heteroatoms. The highest BCUT2D eigenvalue weighted by atomic mass is 127. The topological polar surface area (TPSA) is 83.0 Å². The van der Waals surface area contributed by atoms with E-state index in [4.69, 9.17) is 4.74 Å². The number of ether oxygens (including phenoxy) is 1. The summed E-state index contributed by atoms with van der Waals surface area (Å²) in [6.07, 6.45) is 2.86. The Balaban J connectivity index is 0.00000529. The first kappa shape index (κ1) is 23.9. The van der Waals surface area contributed by atoms with E-state index < -0.39 is 10.0 Å². The molecule has 1 heterocycles. The van der Waals surface area contributed by atoms with Gasteiger partial charge in [-0.25, -0.2) is 12.7 Å². The van der Waals surface area contributed by atoms with Crippen LogP contribution in [0, 0.1) is 0 Å². The molecule has 1 unspecified atom stereocenters. The molecule has 24 heavy (non-hydrogen) atoms. The molecule has 0 aromatic carbocycles. The van der Waals surface area contributed by atoms with Crippen molar-refractivity contribution in [1.82, 2.24) is 14.9 Å². The Labute approximate surface area is 164 Å². The summed E-state index contributed by atoms with van der Waals surface area (Å²) in [7, 11) is -1.47. The van der Waals surface area contributed by atoms with Gasteiger partial charge in [0.15, 0.2) is 5.96 Å². The molecule has 0 saturated carbocycles. The first-order chi connectivity index (χ1) is 10.8. The summed E-state index contributed by atoms with van der Waals surface area (Å²) >= 11 is 0. The Morgan fingerprint density at radius 3 is 2.58 bits per heavy atom. The fraction of sp³-hybridized carbons (Fsp3) is 0.933. The van der Waals surface area contributed by atoms with Crippen LogP contribution in [0.15, 0.2) is 4.99 Å². The summed E-state index contributed by atoms with van der Waals surface area (Å²) in [5.41, 5.74) is -0.155. The molecule has 1 aliphatic heterocycles. The van der Waals surface area contributed by atoms with Gasteiger partial charge in [0, 0.05) is 33.3 Å². The van der Waals surface area contributed by atoms with E-state index in [-0.39, 0.29) is 35.3 Å². The predicted molar refractivity (Wildman–Crippen MR) is 110 cm³/mol. The number of aliphatic imine (C=N–C) groups is 1. The van der Waals surface area contributed by atoms with Crippen LogP contribution in [0.5, 0.6) is 0 Å². The van der Waals surface area contributed by atoms with Crippen molar-refractivity contribution in [1.29, 1.82) is 0 Å². The minimum atomic E-state index is -3.10. The highest BCUT2D eigenvalue weighted by Gasteiger charge is 2.29. The lowest BCUT2D eigenvalue weighted by atomic mass is 10.0. The Morgan fingerprint density at radius 1 is 1.33 bits per heavy atom. The number of halogens is 1. The van der Waals surface area contributed by atoms with Crippen LogP contribution in [0.2, 0.25) is 0 Å². The minimum Gasteiger partial charge on any atom is -0.373 e. The SMILES string of the molecule is CCNC(=NCC1(C)CCCO1)NCCCN(C)S(=O)(=O)CC.I. The zero-order chi connectivity index (χ0) is 17.3. The van der Waals surface area contributed by atoms with Gasteiger partial charge in [-0.05, 0) is 40.0 Å². The molecule has 7 nitrogen and oxygen atoms in total. The summed E-state index contributed by atoms with van der Waals surface area (Å²) in [4.78, 5) is 4.59. The second-order valence-corrected chi connectivity index (χ2v) is 8.46. The van der Waals surface area contributed by atoms with E-state index in [0.717, 1.165) is 38.4 Å². The summed E-state index contributed by atoms with van der Waals surface area (Å²) < 4.78 is 30.5. The van der Waals surface area contributed by atoms with Crippen molar-refractivity contribution in [3.63, 3.8) is 0 Å². The van der Waals surface area contributed by atoms with Gasteiger partial charge in [0.1, 0.15) is 0 Å². The van der Waals surface area contributed by atoms with Gasteiger partial charge in [-0.3, -0.25) is 4.99 Å². The summed E-state index contributed by atoms with van der Waals surface area (Å²) in [6.45, 7) is 9.18. The highest BCUT2D eigenvalue weighted by molar-refractivity contribution is 14.0. The molecule has 144 valence electrons. The molecule has 1 saturated heterocycles. The molecule has 0 bridgehead atoms. The van der Waals surface area contributed by atoms with Crippen molar-refractivity contribution in [3.05, 3.63) is 0 Å². The Hall–Kier alpha value is -0.130. The highest BCUT2D eigenvalue weighted by Crippen LogP contribution is 2.24. The van der Waals surface area contributed by atoms with Gasteiger partial charge in [-0.2, -0.15) is 0 Å². The maximum absolute atomic E-state index is 11.7.